The van der Waals surface area contributed by atoms with E-state index in [2.05, 4.69) is 40.0 Å². The summed E-state index contributed by atoms with van der Waals surface area (Å²) in [6, 6.07) is 14.2. The molecule has 0 aliphatic heterocycles. The first kappa shape index (κ1) is 23.0. The number of aliphatic imine (C=N–C) groups is 1. The van der Waals surface area contributed by atoms with Crippen LogP contribution in [0.1, 0.15) is 23.6 Å². The van der Waals surface area contributed by atoms with Crippen LogP contribution in [0.15, 0.2) is 59.9 Å². The molecule has 1 heterocycles. The Labute approximate surface area is 189 Å². The molecule has 8 nitrogen and oxygen atoms in total. The predicted octanol–water partition coefficient (Wildman–Crippen LogP) is 3.21. The number of benzene rings is 2. The molecule has 8 heteroatoms. The SMILES string of the molecule is CCNC(=NCc1cc(OC)c(OC)c(OC)c1)NCc1cccc(Cn2cccn2)c1. The van der Waals surface area contributed by atoms with Crippen LogP contribution in [0.5, 0.6) is 17.2 Å². The molecule has 0 fully saturated rings. The molecule has 170 valence electrons. The maximum atomic E-state index is 5.44. The van der Waals surface area contributed by atoms with Gasteiger partial charge in [0.2, 0.25) is 5.75 Å². The topological polar surface area (TPSA) is 81.9 Å². The number of rotatable bonds is 10. The van der Waals surface area contributed by atoms with E-state index < -0.39 is 0 Å². The largest absolute Gasteiger partial charge is 0.493 e. The normalized spacial score (nSPS) is 11.2. The van der Waals surface area contributed by atoms with E-state index in [1.54, 1.807) is 27.5 Å². The Kier molecular flexibility index (Phi) is 8.36. The lowest BCUT2D eigenvalue weighted by molar-refractivity contribution is 0.324. The zero-order valence-electron chi connectivity index (χ0n) is 19.1. The van der Waals surface area contributed by atoms with Gasteiger partial charge in [-0.2, -0.15) is 5.10 Å². The molecule has 1 aromatic heterocycles. The van der Waals surface area contributed by atoms with E-state index in [4.69, 9.17) is 19.2 Å². The molecule has 0 aliphatic rings. The van der Waals surface area contributed by atoms with Crippen LogP contribution >= 0.6 is 0 Å². The molecule has 0 aliphatic carbocycles. The highest BCUT2D eigenvalue weighted by Crippen LogP contribution is 2.38. The molecule has 0 bridgehead atoms. The van der Waals surface area contributed by atoms with Crippen molar-refractivity contribution < 1.29 is 14.2 Å². The first-order valence-corrected chi connectivity index (χ1v) is 10.5. The molecule has 0 spiro atoms. The molecular formula is C24H31N5O3. The number of nitrogens with one attached hydrogen (secondary N) is 2. The van der Waals surface area contributed by atoms with Crippen molar-refractivity contribution in [2.45, 2.75) is 26.6 Å². The third kappa shape index (κ3) is 6.16. The molecule has 0 radical (unpaired) electrons. The van der Waals surface area contributed by atoms with Gasteiger partial charge in [0.05, 0.1) is 34.4 Å². The quantitative estimate of drug-likeness (QED) is 0.374. The number of aromatic nitrogens is 2. The Morgan fingerprint density at radius 3 is 2.31 bits per heavy atom. The van der Waals surface area contributed by atoms with Gasteiger partial charge < -0.3 is 24.8 Å². The second-order valence-corrected chi connectivity index (χ2v) is 7.11. The van der Waals surface area contributed by atoms with Crippen LogP contribution in [0.2, 0.25) is 0 Å². The smallest absolute Gasteiger partial charge is 0.203 e. The summed E-state index contributed by atoms with van der Waals surface area (Å²) in [7, 11) is 4.81. The number of nitrogens with zero attached hydrogens (tertiary/aromatic N) is 3. The minimum atomic E-state index is 0.464. The molecule has 2 aromatic carbocycles. The first-order chi connectivity index (χ1) is 15.7. The van der Waals surface area contributed by atoms with Crippen molar-refractivity contribution in [3.63, 3.8) is 0 Å². The third-order valence-corrected chi connectivity index (χ3v) is 4.84. The molecular weight excluding hydrogens is 406 g/mol. The van der Waals surface area contributed by atoms with E-state index in [1.807, 2.05) is 36.0 Å². The minimum absolute atomic E-state index is 0.464. The van der Waals surface area contributed by atoms with E-state index in [1.165, 1.54) is 11.1 Å². The fraction of sp³-hybridized carbons (Fsp3) is 0.333. The van der Waals surface area contributed by atoms with Crippen molar-refractivity contribution in [3.05, 3.63) is 71.5 Å². The number of hydrogen-bond acceptors (Lipinski definition) is 5. The summed E-state index contributed by atoms with van der Waals surface area (Å²) < 4.78 is 18.2. The molecule has 0 saturated carbocycles. The average molecular weight is 438 g/mol. The molecule has 3 aromatic rings. The van der Waals surface area contributed by atoms with Crippen LogP contribution in [0, 0.1) is 0 Å². The Balaban J connectivity index is 1.68. The summed E-state index contributed by atoms with van der Waals surface area (Å²) in [5.74, 6) is 2.54. The summed E-state index contributed by atoms with van der Waals surface area (Å²) in [4.78, 5) is 4.72. The highest BCUT2D eigenvalue weighted by Gasteiger charge is 2.13. The van der Waals surface area contributed by atoms with Crippen LogP contribution < -0.4 is 24.8 Å². The molecule has 32 heavy (non-hydrogen) atoms. The maximum absolute atomic E-state index is 5.44. The van der Waals surface area contributed by atoms with Gasteiger partial charge in [-0.3, -0.25) is 4.68 Å². The van der Waals surface area contributed by atoms with Crippen molar-refractivity contribution in [1.82, 2.24) is 20.4 Å². The minimum Gasteiger partial charge on any atom is -0.493 e. The predicted molar refractivity (Wildman–Crippen MR) is 126 cm³/mol. The number of guanidine groups is 1. The van der Waals surface area contributed by atoms with Crippen LogP contribution in [0.25, 0.3) is 0 Å². The number of hydrogen-bond donors (Lipinski definition) is 2. The zero-order chi connectivity index (χ0) is 22.8. The lowest BCUT2D eigenvalue weighted by atomic mass is 10.1. The van der Waals surface area contributed by atoms with Crippen molar-refractivity contribution in [1.29, 1.82) is 0 Å². The Morgan fingerprint density at radius 2 is 1.69 bits per heavy atom. The van der Waals surface area contributed by atoms with Crippen LogP contribution in [0.4, 0.5) is 0 Å². The highest BCUT2D eigenvalue weighted by molar-refractivity contribution is 5.79. The van der Waals surface area contributed by atoms with Crippen LogP contribution in [-0.2, 0) is 19.6 Å². The van der Waals surface area contributed by atoms with E-state index in [0.717, 1.165) is 24.6 Å². The Hall–Kier alpha value is -3.68. The second-order valence-electron chi connectivity index (χ2n) is 7.11. The van der Waals surface area contributed by atoms with Gasteiger partial charge in [0.15, 0.2) is 17.5 Å². The maximum Gasteiger partial charge on any atom is 0.203 e. The van der Waals surface area contributed by atoms with Crippen molar-refractivity contribution in [2.75, 3.05) is 27.9 Å². The van der Waals surface area contributed by atoms with Gasteiger partial charge in [0.1, 0.15) is 0 Å². The summed E-state index contributed by atoms with van der Waals surface area (Å²) in [6.45, 7) is 4.68. The first-order valence-electron chi connectivity index (χ1n) is 10.5. The molecule has 0 atom stereocenters. The van der Waals surface area contributed by atoms with Gasteiger partial charge in [-0.15, -0.1) is 0 Å². The van der Waals surface area contributed by atoms with E-state index in [0.29, 0.717) is 30.3 Å². The fourth-order valence-electron chi connectivity index (χ4n) is 3.34. The third-order valence-electron chi connectivity index (χ3n) is 4.84. The van der Waals surface area contributed by atoms with Crippen molar-refractivity contribution in [2.24, 2.45) is 4.99 Å². The monoisotopic (exact) mass is 437 g/mol. The average Bonchev–Trinajstić information content (AvgIpc) is 3.33. The van der Waals surface area contributed by atoms with Gasteiger partial charge in [-0.1, -0.05) is 24.3 Å². The van der Waals surface area contributed by atoms with Gasteiger partial charge in [0, 0.05) is 25.5 Å². The van der Waals surface area contributed by atoms with Crippen molar-refractivity contribution >= 4 is 5.96 Å². The van der Waals surface area contributed by atoms with E-state index >= 15 is 0 Å². The molecule has 0 amide bonds. The molecule has 3 rings (SSSR count). The van der Waals surface area contributed by atoms with Crippen molar-refractivity contribution in [3.8, 4) is 17.2 Å². The van der Waals surface area contributed by atoms with Gasteiger partial charge in [0.25, 0.3) is 0 Å². The van der Waals surface area contributed by atoms with Crippen LogP contribution in [-0.4, -0.2) is 43.6 Å². The summed E-state index contributed by atoms with van der Waals surface area (Å²) in [6.07, 6.45) is 3.75. The van der Waals surface area contributed by atoms with Crippen LogP contribution in [0.3, 0.4) is 0 Å². The van der Waals surface area contributed by atoms with Gasteiger partial charge >= 0.3 is 0 Å². The molecule has 2 N–H and O–H groups in total. The zero-order valence-corrected chi connectivity index (χ0v) is 19.1. The summed E-state index contributed by atoms with van der Waals surface area (Å²) in [5, 5.41) is 11.0. The number of ether oxygens (including phenoxy) is 3. The number of methoxy groups -OCH3 is 3. The summed E-state index contributed by atoms with van der Waals surface area (Å²) in [5.41, 5.74) is 3.33. The second kappa shape index (κ2) is 11.6. The van der Waals surface area contributed by atoms with Gasteiger partial charge in [-0.05, 0) is 41.8 Å². The molecule has 0 unspecified atom stereocenters. The fourth-order valence-corrected chi connectivity index (χ4v) is 3.34. The van der Waals surface area contributed by atoms with Gasteiger partial charge in [-0.25, -0.2) is 4.99 Å². The van der Waals surface area contributed by atoms with E-state index in [-0.39, 0.29) is 0 Å². The Bertz CT molecular complexity index is 993. The summed E-state index contributed by atoms with van der Waals surface area (Å²) >= 11 is 0. The van der Waals surface area contributed by atoms with E-state index in [9.17, 15) is 0 Å². The Morgan fingerprint density at radius 1 is 0.938 bits per heavy atom. The standard InChI is InChI=1S/C24H31N5O3/c1-5-25-24(27-16-20-13-21(30-2)23(32-4)22(14-20)31-3)26-15-18-8-6-9-19(12-18)17-29-11-7-10-28-29/h6-14H,5,15-17H2,1-4H3,(H2,25,26,27). The lowest BCUT2D eigenvalue weighted by Crippen LogP contribution is -2.36. The molecule has 0 saturated heterocycles. The highest BCUT2D eigenvalue weighted by atomic mass is 16.5. The lowest BCUT2D eigenvalue weighted by Gasteiger charge is -2.14.